The van der Waals surface area contributed by atoms with Crippen LogP contribution in [-0.2, 0) is 23.9 Å². The normalized spacial score (nSPS) is 10.9. The quantitative estimate of drug-likeness (QED) is 0.306. The van der Waals surface area contributed by atoms with Gasteiger partial charge in [-0.2, -0.15) is 13.2 Å². The molecule has 0 fully saturated rings. The minimum Gasteiger partial charge on any atom is -0.493 e. The molecule has 0 aliphatic heterocycles. The molecule has 1 heterocycles. The van der Waals surface area contributed by atoms with Gasteiger partial charge in [-0.25, -0.2) is 0 Å². The number of alkyl halides is 3. The third-order valence-electron chi connectivity index (χ3n) is 4.84. The fraction of sp³-hybridized carbons (Fsp3) is 0.167. The van der Waals surface area contributed by atoms with E-state index in [0.29, 0.717) is 29.2 Å². The number of thiocarbonyl (C=S) groups is 1. The lowest BCUT2D eigenvalue weighted by molar-refractivity contribution is -0.138. The molecule has 0 aliphatic rings. The molecule has 2 amide bonds. The number of nitrogens with one attached hydrogen (secondary N) is 3. The number of hydrazine groups is 1. The Morgan fingerprint density at radius 1 is 1.03 bits per heavy atom. The van der Waals surface area contributed by atoms with Crippen LogP contribution in [0.1, 0.15) is 21.5 Å². The van der Waals surface area contributed by atoms with Crippen molar-refractivity contribution in [1.29, 1.82) is 0 Å². The number of benzene rings is 2. The molecule has 3 N–H and O–H groups in total. The van der Waals surface area contributed by atoms with Crippen LogP contribution in [0.25, 0.3) is 0 Å². The first-order valence-corrected chi connectivity index (χ1v) is 11.5. The van der Waals surface area contributed by atoms with Gasteiger partial charge in [0, 0.05) is 18.2 Å². The molecule has 3 aromatic rings. The van der Waals surface area contributed by atoms with E-state index in [9.17, 15) is 27.6 Å². The van der Waals surface area contributed by atoms with Crippen LogP contribution < -0.4 is 26.5 Å². The molecular formula is C24H20ClF3N4O4S. The molecule has 3 rings (SSSR count). The zero-order valence-corrected chi connectivity index (χ0v) is 20.5. The van der Waals surface area contributed by atoms with Crippen molar-refractivity contribution < 1.29 is 27.5 Å². The Morgan fingerprint density at radius 2 is 1.70 bits per heavy atom. The van der Waals surface area contributed by atoms with E-state index in [4.69, 9.17) is 28.6 Å². The van der Waals surface area contributed by atoms with E-state index in [-0.39, 0.29) is 10.7 Å². The van der Waals surface area contributed by atoms with E-state index >= 15 is 0 Å². The second kappa shape index (κ2) is 12.4. The van der Waals surface area contributed by atoms with E-state index in [2.05, 4.69) is 16.2 Å². The van der Waals surface area contributed by atoms with Gasteiger partial charge in [0.2, 0.25) is 0 Å². The van der Waals surface area contributed by atoms with Crippen LogP contribution >= 0.6 is 23.8 Å². The van der Waals surface area contributed by atoms with Crippen LogP contribution in [0.5, 0.6) is 5.75 Å². The summed E-state index contributed by atoms with van der Waals surface area (Å²) in [6, 6.07) is 16.6. The third kappa shape index (κ3) is 8.33. The first kappa shape index (κ1) is 27.7. The van der Waals surface area contributed by atoms with Gasteiger partial charge < -0.3 is 9.30 Å². The van der Waals surface area contributed by atoms with Crippen LogP contribution in [0.3, 0.4) is 0 Å². The molecule has 0 unspecified atom stereocenters. The van der Waals surface area contributed by atoms with E-state index in [1.165, 1.54) is 12.1 Å². The lowest BCUT2D eigenvalue weighted by Gasteiger charge is -2.13. The maximum absolute atomic E-state index is 12.9. The summed E-state index contributed by atoms with van der Waals surface area (Å²) in [5.74, 6) is -0.917. The maximum Gasteiger partial charge on any atom is 0.417 e. The highest BCUT2D eigenvalue weighted by molar-refractivity contribution is 7.80. The fourth-order valence-electron chi connectivity index (χ4n) is 3.03. The Kier molecular flexibility index (Phi) is 9.25. The zero-order chi connectivity index (χ0) is 27.0. The van der Waals surface area contributed by atoms with Gasteiger partial charge in [-0.15, -0.1) is 0 Å². The number of carbonyl (C=O) groups excluding carboxylic acids is 2. The second-order valence-electron chi connectivity index (χ2n) is 7.57. The average molecular weight is 553 g/mol. The van der Waals surface area contributed by atoms with Crippen molar-refractivity contribution in [3.63, 3.8) is 0 Å². The average Bonchev–Trinajstić information content (AvgIpc) is 2.86. The molecule has 0 bridgehead atoms. The predicted molar refractivity (Wildman–Crippen MR) is 134 cm³/mol. The topological polar surface area (TPSA) is 101 Å². The summed E-state index contributed by atoms with van der Waals surface area (Å²) in [5.41, 5.74) is 3.56. The first-order chi connectivity index (χ1) is 17.5. The minimum atomic E-state index is -4.76. The van der Waals surface area contributed by atoms with Gasteiger partial charge in [0.1, 0.15) is 17.3 Å². The Morgan fingerprint density at radius 3 is 2.35 bits per heavy atom. The van der Waals surface area contributed by atoms with Crippen LogP contribution in [0, 0.1) is 0 Å². The number of hydrogen-bond donors (Lipinski definition) is 3. The van der Waals surface area contributed by atoms with Gasteiger partial charge in [0.05, 0.1) is 12.2 Å². The second-order valence-corrected chi connectivity index (χ2v) is 8.39. The molecule has 0 saturated carbocycles. The van der Waals surface area contributed by atoms with Crippen molar-refractivity contribution in [2.75, 3.05) is 6.61 Å². The van der Waals surface area contributed by atoms with Crippen molar-refractivity contribution >= 4 is 40.7 Å². The number of hydrogen-bond acceptors (Lipinski definition) is 5. The lowest BCUT2D eigenvalue weighted by Crippen LogP contribution is -2.49. The summed E-state index contributed by atoms with van der Waals surface area (Å²) in [4.78, 5) is 36.4. The number of ether oxygens (including phenoxy) is 1. The summed E-state index contributed by atoms with van der Waals surface area (Å²) in [6.45, 7) is -0.320. The molecule has 8 nitrogen and oxygen atoms in total. The summed E-state index contributed by atoms with van der Waals surface area (Å²) in [5, 5.41) is 1.37. The molecule has 0 aliphatic carbocycles. The fourth-order valence-corrected chi connectivity index (χ4v) is 3.40. The number of aromatic nitrogens is 1. The maximum atomic E-state index is 12.9. The molecule has 0 radical (unpaired) electrons. The van der Waals surface area contributed by atoms with Crippen molar-refractivity contribution in [3.05, 3.63) is 98.9 Å². The van der Waals surface area contributed by atoms with Crippen LogP contribution in [0.4, 0.5) is 13.2 Å². The molecule has 0 saturated heterocycles. The number of halogens is 4. The highest BCUT2D eigenvalue weighted by Crippen LogP contribution is 2.29. The Hall–Kier alpha value is -3.90. The number of carbonyl (C=O) groups is 2. The number of pyridine rings is 1. The largest absolute Gasteiger partial charge is 0.493 e. The highest BCUT2D eigenvalue weighted by Gasteiger charge is 2.32. The lowest BCUT2D eigenvalue weighted by atomic mass is 10.2. The van der Waals surface area contributed by atoms with Gasteiger partial charge >= 0.3 is 6.18 Å². The van der Waals surface area contributed by atoms with Crippen LogP contribution in [-0.4, -0.2) is 28.1 Å². The standard InChI is InChI=1S/C24H20ClF3N4O4S/c25-19-12-17(24(26,27)28)13-32(22(19)35)14-20(33)30-31-23(37)29-21(34)16-6-8-18(9-7-16)36-11-10-15-4-2-1-3-5-15/h1-9,12-13H,10-11,14H2,(H,30,33)(H2,29,31,34,37). The smallest absolute Gasteiger partial charge is 0.417 e. The highest BCUT2D eigenvalue weighted by atomic mass is 35.5. The van der Waals surface area contributed by atoms with Gasteiger partial charge in [0.25, 0.3) is 17.4 Å². The van der Waals surface area contributed by atoms with Crippen molar-refractivity contribution in [1.82, 2.24) is 20.7 Å². The Labute approximate surface area is 219 Å². The zero-order valence-electron chi connectivity index (χ0n) is 19.0. The molecule has 13 heteroatoms. The monoisotopic (exact) mass is 552 g/mol. The van der Waals surface area contributed by atoms with E-state index < -0.39 is 40.7 Å². The molecule has 0 atom stereocenters. The molecule has 1 aromatic heterocycles. The number of nitrogens with zero attached hydrogens (tertiary/aromatic N) is 1. The van der Waals surface area contributed by atoms with Crippen LogP contribution in [0.2, 0.25) is 5.02 Å². The van der Waals surface area contributed by atoms with E-state index in [1.54, 1.807) is 12.1 Å². The SMILES string of the molecule is O=C(Cn1cc(C(F)(F)F)cc(Cl)c1=O)NNC(=S)NC(=O)c1ccc(OCCc2ccccc2)cc1. The third-order valence-corrected chi connectivity index (χ3v) is 5.32. The van der Waals surface area contributed by atoms with Crippen molar-refractivity contribution in [3.8, 4) is 5.75 Å². The summed E-state index contributed by atoms with van der Waals surface area (Å²) in [7, 11) is 0. The molecule has 0 spiro atoms. The number of amides is 2. The van der Waals surface area contributed by atoms with Gasteiger partial charge in [0.15, 0.2) is 5.11 Å². The number of rotatable bonds is 7. The molecular weight excluding hydrogens is 533 g/mol. The van der Waals surface area contributed by atoms with Crippen molar-refractivity contribution in [2.24, 2.45) is 0 Å². The van der Waals surface area contributed by atoms with Crippen molar-refractivity contribution in [2.45, 2.75) is 19.1 Å². The summed E-state index contributed by atoms with van der Waals surface area (Å²) in [6.07, 6.45) is -3.56. The Balaban J connectivity index is 1.46. The van der Waals surface area contributed by atoms with Crippen LogP contribution in [0.15, 0.2) is 71.7 Å². The van der Waals surface area contributed by atoms with E-state index in [0.717, 1.165) is 12.0 Å². The molecule has 37 heavy (non-hydrogen) atoms. The summed E-state index contributed by atoms with van der Waals surface area (Å²) < 4.78 is 44.9. The van der Waals surface area contributed by atoms with Gasteiger partial charge in [-0.05, 0) is 48.1 Å². The van der Waals surface area contributed by atoms with E-state index in [1.807, 2.05) is 30.3 Å². The van der Waals surface area contributed by atoms with Gasteiger partial charge in [-0.3, -0.25) is 30.6 Å². The predicted octanol–water partition coefficient (Wildman–Crippen LogP) is 3.48. The Bertz CT molecular complexity index is 1330. The minimum absolute atomic E-state index is 0.260. The molecule has 2 aromatic carbocycles. The van der Waals surface area contributed by atoms with Gasteiger partial charge in [-0.1, -0.05) is 41.9 Å². The molecule has 194 valence electrons. The summed E-state index contributed by atoms with van der Waals surface area (Å²) >= 11 is 10.5. The first-order valence-electron chi connectivity index (χ1n) is 10.7.